The molecule has 2 N–H and O–H groups in total. The zero-order chi connectivity index (χ0) is 14.0. The highest BCUT2D eigenvalue weighted by atomic mass is 15.3. The van der Waals surface area contributed by atoms with Gasteiger partial charge in [0.2, 0.25) is 0 Å². The molecule has 1 aliphatic carbocycles. The second kappa shape index (κ2) is 5.74. The molecule has 0 aromatic heterocycles. The predicted molar refractivity (Wildman–Crippen MR) is 85.2 cm³/mol. The molecule has 0 amide bonds. The molecule has 110 valence electrons. The van der Waals surface area contributed by atoms with Crippen LogP contribution in [0.3, 0.4) is 0 Å². The van der Waals surface area contributed by atoms with E-state index in [2.05, 4.69) is 41.0 Å². The Bertz CT molecular complexity index is 440. The van der Waals surface area contributed by atoms with Gasteiger partial charge in [-0.25, -0.2) is 0 Å². The van der Waals surface area contributed by atoms with Gasteiger partial charge in [-0.15, -0.1) is 0 Å². The minimum absolute atomic E-state index is 0.450. The van der Waals surface area contributed by atoms with E-state index in [1.54, 1.807) is 0 Å². The first-order valence-electron chi connectivity index (χ1n) is 7.95. The monoisotopic (exact) mass is 273 g/mol. The highest BCUT2D eigenvalue weighted by Gasteiger charge is 2.37. The number of hydrogen-bond donors (Lipinski definition) is 1. The highest BCUT2D eigenvalue weighted by Crippen LogP contribution is 2.40. The number of aryl methyl sites for hydroxylation is 1. The molecule has 1 aliphatic heterocycles. The van der Waals surface area contributed by atoms with Gasteiger partial charge in [-0.3, -0.25) is 4.90 Å². The highest BCUT2D eigenvalue weighted by molar-refractivity contribution is 5.48. The minimum Gasteiger partial charge on any atom is -0.369 e. The molecule has 1 saturated carbocycles. The Morgan fingerprint density at radius 1 is 1.15 bits per heavy atom. The molecule has 1 aromatic rings. The summed E-state index contributed by atoms with van der Waals surface area (Å²) in [7, 11) is 0. The molecule has 1 saturated heterocycles. The minimum atomic E-state index is 0.450. The van der Waals surface area contributed by atoms with Gasteiger partial charge in [-0.05, 0) is 49.4 Å². The van der Waals surface area contributed by atoms with Gasteiger partial charge in [0, 0.05) is 38.4 Å². The Kier molecular flexibility index (Phi) is 3.99. The Morgan fingerprint density at radius 2 is 1.90 bits per heavy atom. The van der Waals surface area contributed by atoms with Crippen LogP contribution in [0.4, 0.5) is 5.69 Å². The summed E-state index contributed by atoms with van der Waals surface area (Å²) in [5, 5.41) is 0. The Labute approximate surface area is 122 Å². The van der Waals surface area contributed by atoms with Gasteiger partial charge in [-0.2, -0.15) is 0 Å². The van der Waals surface area contributed by atoms with Crippen LogP contribution in [-0.2, 0) is 0 Å². The zero-order valence-electron chi connectivity index (χ0n) is 12.6. The first-order valence-corrected chi connectivity index (χ1v) is 7.95. The van der Waals surface area contributed by atoms with E-state index >= 15 is 0 Å². The fourth-order valence-electron chi connectivity index (χ4n) is 3.57. The summed E-state index contributed by atoms with van der Waals surface area (Å²) in [6, 6.07) is 8.86. The van der Waals surface area contributed by atoms with E-state index in [4.69, 9.17) is 5.73 Å². The molecule has 0 bridgehead atoms. The van der Waals surface area contributed by atoms with Crippen LogP contribution in [-0.4, -0.2) is 44.2 Å². The van der Waals surface area contributed by atoms with E-state index in [0.29, 0.717) is 5.41 Å². The van der Waals surface area contributed by atoms with E-state index in [1.807, 2.05) is 0 Å². The maximum absolute atomic E-state index is 5.98. The lowest BCUT2D eigenvalue weighted by molar-refractivity contribution is 0.0718. The summed E-state index contributed by atoms with van der Waals surface area (Å²) >= 11 is 0. The third-order valence-electron chi connectivity index (χ3n) is 5.15. The normalized spacial score (nSPS) is 22.6. The third kappa shape index (κ3) is 2.84. The van der Waals surface area contributed by atoms with Crippen LogP contribution in [0.25, 0.3) is 0 Å². The molecule has 0 radical (unpaired) electrons. The van der Waals surface area contributed by atoms with Crippen LogP contribution in [0.5, 0.6) is 0 Å². The summed E-state index contributed by atoms with van der Waals surface area (Å²) < 4.78 is 0. The summed E-state index contributed by atoms with van der Waals surface area (Å²) in [4.78, 5) is 5.14. The largest absolute Gasteiger partial charge is 0.369 e. The summed E-state index contributed by atoms with van der Waals surface area (Å²) in [5.74, 6) is 0. The van der Waals surface area contributed by atoms with E-state index in [1.165, 1.54) is 50.1 Å². The Morgan fingerprint density at radius 3 is 2.45 bits per heavy atom. The van der Waals surface area contributed by atoms with Gasteiger partial charge in [0.05, 0.1) is 0 Å². The van der Waals surface area contributed by atoms with Crippen molar-refractivity contribution in [3.63, 3.8) is 0 Å². The molecule has 20 heavy (non-hydrogen) atoms. The summed E-state index contributed by atoms with van der Waals surface area (Å²) in [6.45, 7) is 8.89. The lowest BCUT2D eigenvalue weighted by atomic mass is 9.68. The van der Waals surface area contributed by atoms with Crippen molar-refractivity contribution in [3.05, 3.63) is 29.8 Å². The van der Waals surface area contributed by atoms with Crippen LogP contribution < -0.4 is 10.6 Å². The van der Waals surface area contributed by atoms with Crippen molar-refractivity contribution < 1.29 is 0 Å². The van der Waals surface area contributed by atoms with Crippen molar-refractivity contribution in [1.82, 2.24) is 4.90 Å². The number of rotatable bonds is 4. The van der Waals surface area contributed by atoms with E-state index in [9.17, 15) is 0 Å². The maximum atomic E-state index is 5.98. The topological polar surface area (TPSA) is 32.5 Å². The van der Waals surface area contributed by atoms with Gasteiger partial charge in [0.15, 0.2) is 0 Å². The number of hydrogen-bond acceptors (Lipinski definition) is 3. The molecule has 1 aromatic carbocycles. The van der Waals surface area contributed by atoms with Crippen LogP contribution in [0.2, 0.25) is 0 Å². The first kappa shape index (κ1) is 13.9. The number of nitrogens with two attached hydrogens (primary N) is 1. The SMILES string of the molecule is Cc1cccc(N2CCN(CC3(CN)CCC3)CC2)c1. The fourth-order valence-corrected chi connectivity index (χ4v) is 3.57. The van der Waals surface area contributed by atoms with Gasteiger partial charge in [0.25, 0.3) is 0 Å². The van der Waals surface area contributed by atoms with Crippen LogP contribution in [0.1, 0.15) is 24.8 Å². The van der Waals surface area contributed by atoms with Gasteiger partial charge in [0.1, 0.15) is 0 Å². The van der Waals surface area contributed by atoms with Crippen molar-refractivity contribution in [2.75, 3.05) is 44.2 Å². The van der Waals surface area contributed by atoms with Crippen molar-refractivity contribution >= 4 is 5.69 Å². The molecule has 3 nitrogen and oxygen atoms in total. The second-order valence-corrected chi connectivity index (χ2v) is 6.66. The molecule has 1 heterocycles. The van der Waals surface area contributed by atoms with Gasteiger partial charge >= 0.3 is 0 Å². The van der Waals surface area contributed by atoms with Crippen molar-refractivity contribution in [1.29, 1.82) is 0 Å². The van der Waals surface area contributed by atoms with E-state index < -0.39 is 0 Å². The molecule has 0 unspecified atom stereocenters. The van der Waals surface area contributed by atoms with Crippen molar-refractivity contribution in [2.45, 2.75) is 26.2 Å². The predicted octanol–water partition coefficient (Wildman–Crippen LogP) is 2.25. The van der Waals surface area contributed by atoms with E-state index in [0.717, 1.165) is 19.6 Å². The molecule has 3 heteroatoms. The van der Waals surface area contributed by atoms with Crippen molar-refractivity contribution in [2.24, 2.45) is 11.1 Å². The number of benzene rings is 1. The molecule has 3 rings (SSSR count). The average Bonchev–Trinajstić information content (AvgIpc) is 2.44. The Balaban J connectivity index is 1.54. The number of anilines is 1. The number of piperazine rings is 1. The third-order valence-corrected chi connectivity index (χ3v) is 5.15. The number of nitrogens with zero attached hydrogens (tertiary/aromatic N) is 2. The van der Waals surface area contributed by atoms with Crippen LogP contribution >= 0.6 is 0 Å². The van der Waals surface area contributed by atoms with Crippen molar-refractivity contribution in [3.8, 4) is 0 Å². The lowest BCUT2D eigenvalue weighted by Gasteiger charge is -2.46. The molecular formula is C17H27N3. The smallest absolute Gasteiger partial charge is 0.0369 e. The quantitative estimate of drug-likeness (QED) is 0.913. The molecular weight excluding hydrogens is 246 g/mol. The van der Waals surface area contributed by atoms with Gasteiger partial charge in [-0.1, -0.05) is 18.6 Å². The molecule has 0 spiro atoms. The standard InChI is InChI=1S/C17H27N3/c1-15-4-2-5-16(12-15)20-10-8-19(9-11-20)14-17(13-18)6-3-7-17/h2,4-5,12H,3,6-11,13-14,18H2,1H3. The first-order chi connectivity index (χ1) is 9.71. The Hall–Kier alpha value is -1.06. The summed E-state index contributed by atoms with van der Waals surface area (Å²) in [6.07, 6.45) is 4.05. The average molecular weight is 273 g/mol. The lowest BCUT2D eigenvalue weighted by Crippen LogP contribution is -2.53. The second-order valence-electron chi connectivity index (χ2n) is 6.66. The molecule has 2 fully saturated rings. The summed E-state index contributed by atoms with van der Waals surface area (Å²) in [5.41, 5.74) is 9.16. The maximum Gasteiger partial charge on any atom is 0.0369 e. The van der Waals surface area contributed by atoms with Gasteiger partial charge < -0.3 is 10.6 Å². The molecule has 2 aliphatic rings. The van der Waals surface area contributed by atoms with E-state index in [-0.39, 0.29) is 0 Å². The van der Waals surface area contributed by atoms with Crippen LogP contribution in [0.15, 0.2) is 24.3 Å². The molecule has 0 atom stereocenters. The zero-order valence-corrected chi connectivity index (χ0v) is 12.6. The van der Waals surface area contributed by atoms with Crippen LogP contribution in [0, 0.1) is 12.3 Å². The fraction of sp³-hybridized carbons (Fsp3) is 0.647.